The van der Waals surface area contributed by atoms with Crippen molar-refractivity contribution in [3.8, 4) is 11.3 Å². The van der Waals surface area contributed by atoms with Gasteiger partial charge in [-0.3, -0.25) is 9.48 Å². The Bertz CT molecular complexity index is 1380. The number of nitrogens with one attached hydrogen (secondary N) is 2. The molecule has 0 fully saturated rings. The molecule has 3 aromatic heterocycles. The third-order valence-corrected chi connectivity index (χ3v) is 6.38. The Balaban J connectivity index is 1.36. The van der Waals surface area contributed by atoms with E-state index >= 15 is 0 Å². The minimum Gasteiger partial charge on any atom is -0.321 e. The van der Waals surface area contributed by atoms with Crippen molar-refractivity contribution in [1.82, 2.24) is 40.1 Å². The van der Waals surface area contributed by atoms with E-state index < -0.39 is 0 Å². The SMILES string of the molecule is Cn1cc(Nc2nccc(-c3ccc4c(c3)CNCCC4CC(=O)c3cn(C(C)(C)C)nn3)n2)cn1. The number of hydrogen-bond acceptors (Lipinski definition) is 8. The summed E-state index contributed by atoms with van der Waals surface area (Å²) in [7, 11) is 1.86. The lowest BCUT2D eigenvalue weighted by atomic mass is 9.87. The summed E-state index contributed by atoms with van der Waals surface area (Å²) < 4.78 is 3.47. The van der Waals surface area contributed by atoms with E-state index in [1.54, 1.807) is 28.0 Å². The Morgan fingerprint density at radius 2 is 2.08 bits per heavy atom. The first kappa shape index (κ1) is 23.8. The van der Waals surface area contributed by atoms with Gasteiger partial charge in [0.05, 0.1) is 29.3 Å². The number of fused-ring (bicyclic) bond motifs is 1. The molecule has 0 spiro atoms. The first-order valence-corrected chi connectivity index (χ1v) is 12.1. The summed E-state index contributed by atoms with van der Waals surface area (Å²) in [4.78, 5) is 22.1. The van der Waals surface area contributed by atoms with Crippen LogP contribution in [0, 0.1) is 0 Å². The molecule has 1 aromatic carbocycles. The summed E-state index contributed by atoms with van der Waals surface area (Å²) in [6.07, 6.45) is 8.40. The van der Waals surface area contributed by atoms with Crippen molar-refractivity contribution in [2.45, 2.75) is 51.6 Å². The van der Waals surface area contributed by atoms with Gasteiger partial charge in [-0.1, -0.05) is 17.3 Å². The zero-order chi connectivity index (χ0) is 25.3. The van der Waals surface area contributed by atoms with E-state index in [4.69, 9.17) is 4.98 Å². The summed E-state index contributed by atoms with van der Waals surface area (Å²) in [5, 5.41) is 19.2. The number of Topliss-reactive ketones (excluding diaryl/α,β-unsaturated/α-hetero) is 1. The van der Waals surface area contributed by atoms with Gasteiger partial charge in [0.2, 0.25) is 5.95 Å². The van der Waals surface area contributed by atoms with Crippen molar-refractivity contribution in [1.29, 1.82) is 0 Å². The number of hydrogen-bond donors (Lipinski definition) is 2. The van der Waals surface area contributed by atoms with Crippen LogP contribution in [0.3, 0.4) is 0 Å². The highest BCUT2D eigenvalue weighted by Crippen LogP contribution is 2.33. The molecule has 4 heterocycles. The van der Waals surface area contributed by atoms with Crippen LogP contribution < -0.4 is 10.6 Å². The Kier molecular flexibility index (Phi) is 6.36. The fourth-order valence-corrected chi connectivity index (χ4v) is 4.43. The first-order chi connectivity index (χ1) is 17.3. The van der Waals surface area contributed by atoms with E-state index in [-0.39, 0.29) is 17.2 Å². The molecule has 5 rings (SSSR count). The lowest BCUT2D eigenvalue weighted by molar-refractivity contribution is 0.0967. The topological polar surface area (TPSA) is 115 Å². The molecule has 0 bridgehead atoms. The lowest BCUT2D eigenvalue weighted by Crippen LogP contribution is -2.22. The monoisotopic (exact) mass is 485 g/mol. The molecular weight excluding hydrogens is 454 g/mol. The predicted molar refractivity (Wildman–Crippen MR) is 137 cm³/mol. The molecule has 0 saturated heterocycles. The molecule has 10 nitrogen and oxygen atoms in total. The van der Waals surface area contributed by atoms with Gasteiger partial charge in [0.15, 0.2) is 5.78 Å². The van der Waals surface area contributed by atoms with E-state index in [1.165, 1.54) is 11.1 Å². The fraction of sp³-hybridized carbons (Fsp3) is 0.385. The molecule has 0 radical (unpaired) electrons. The zero-order valence-electron chi connectivity index (χ0n) is 21.1. The fourth-order valence-electron chi connectivity index (χ4n) is 4.43. The average molecular weight is 486 g/mol. The molecule has 0 amide bonds. The average Bonchev–Trinajstić information content (AvgIpc) is 3.46. The van der Waals surface area contributed by atoms with E-state index in [1.807, 2.05) is 40.1 Å². The summed E-state index contributed by atoms with van der Waals surface area (Å²) in [6, 6.07) is 8.28. The zero-order valence-corrected chi connectivity index (χ0v) is 21.1. The van der Waals surface area contributed by atoms with Crippen LogP contribution in [-0.4, -0.2) is 47.1 Å². The molecule has 0 saturated carbocycles. The molecule has 1 atom stereocenters. The van der Waals surface area contributed by atoms with E-state index in [2.05, 4.69) is 49.2 Å². The number of aromatic nitrogens is 7. The molecule has 1 aliphatic heterocycles. The van der Waals surface area contributed by atoms with Gasteiger partial charge >= 0.3 is 0 Å². The third-order valence-electron chi connectivity index (χ3n) is 6.38. The van der Waals surface area contributed by atoms with Crippen LogP contribution in [0.5, 0.6) is 0 Å². The van der Waals surface area contributed by atoms with Gasteiger partial charge in [0, 0.05) is 38.0 Å². The number of nitrogens with zero attached hydrogens (tertiary/aromatic N) is 7. The second-order valence-corrected chi connectivity index (χ2v) is 10.2. The minimum atomic E-state index is -0.213. The Hall–Kier alpha value is -3.92. The van der Waals surface area contributed by atoms with Gasteiger partial charge in [-0.25, -0.2) is 14.6 Å². The highest BCUT2D eigenvalue weighted by atomic mass is 16.1. The standard InChI is InChI=1S/C26H31N9O/c1-26(2,3)35-16-23(32-33-35)24(36)12-17-7-9-27-13-19-11-18(5-6-21(17)19)22-8-10-28-25(31-22)30-20-14-29-34(4)15-20/h5-6,8,10-11,14-17,27H,7,9,12-13H2,1-4H3,(H,28,30,31). The number of ketones is 1. The number of carbonyl (C=O) groups excluding carboxylic acids is 1. The molecule has 186 valence electrons. The Labute approximate surface area is 210 Å². The highest BCUT2D eigenvalue weighted by Gasteiger charge is 2.25. The highest BCUT2D eigenvalue weighted by molar-refractivity contribution is 5.94. The number of anilines is 2. The number of benzene rings is 1. The van der Waals surface area contributed by atoms with Crippen molar-refractivity contribution in [2.24, 2.45) is 7.05 Å². The maximum atomic E-state index is 13.1. The van der Waals surface area contributed by atoms with Gasteiger partial charge < -0.3 is 10.6 Å². The van der Waals surface area contributed by atoms with Crippen LogP contribution >= 0.6 is 0 Å². The summed E-state index contributed by atoms with van der Waals surface area (Å²) in [5.74, 6) is 0.652. The molecule has 0 aliphatic carbocycles. The van der Waals surface area contributed by atoms with Crippen molar-refractivity contribution < 1.29 is 4.79 Å². The first-order valence-electron chi connectivity index (χ1n) is 12.1. The van der Waals surface area contributed by atoms with Gasteiger partial charge in [-0.15, -0.1) is 5.10 Å². The minimum absolute atomic E-state index is 0.0225. The van der Waals surface area contributed by atoms with Crippen molar-refractivity contribution in [3.63, 3.8) is 0 Å². The van der Waals surface area contributed by atoms with Gasteiger partial charge in [0.25, 0.3) is 0 Å². The molecule has 1 unspecified atom stereocenters. The van der Waals surface area contributed by atoms with Crippen molar-refractivity contribution in [2.75, 3.05) is 11.9 Å². The largest absolute Gasteiger partial charge is 0.321 e. The van der Waals surface area contributed by atoms with Crippen LogP contribution in [0.1, 0.15) is 61.1 Å². The van der Waals surface area contributed by atoms with Crippen LogP contribution in [-0.2, 0) is 19.1 Å². The summed E-state index contributed by atoms with van der Waals surface area (Å²) >= 11 is 0. The summed E-state index contributed by atoms with van der Waals surface area (Å²) in [6.45, 7) is 7.71. The quantitative estimate of drug-likeness (QED) is 0.396. The lowest BCUT2D eigenvalue weighted by Gasteiger charge is -2.18. The smallest absolute Gasteiger partial charge is 0.227 e. The van der Waals surface area contributed by atoms with Crippen LogP contribution in [0.2, 0.25) is 0 Å². The second-order valence-electron chi connectivity index (χ2n) is 10.2. The van der Waals surface area contributed by atoms with E-state index in [9.17, 15) is 4.79 Å². The van der Waals surface area contributed by atoms with E-state index in [0.29, 0.717) is 18.1 Å². The van der Waals surface area contributed by atoms with Crippen molar-refractivity contribution >= 4 is 17.4 Å². The van der Waals surface area contributed by atoms with Gasteiger partial charge in [-0.05, 0) is 62.9 Å². The number of rotatable bonds is 6. The molecule has 4 aromatic rings. The number of carbonyl (C=O) groups is 1. The van der Waals surface area contributed by atoms with Crippen LogP contribution in [0.15, 0.2) is 49.1 Å². The molecule has 36 heavy (non-hydrogen) atoms. The summed E-state index contributed by atoms with van der Waals surface area (Å²) in [5.41, 5.74) is 5.26. The van der Waals surface area contributed by atoms with Crippen molar-refractivity contribution in [3.05, 3.63) is 65.9 Å². The molecule has 1 aliphatic rings. The van der Waals surface area contributed by atoms with E-state index in [0.717, 1.165) is 36.5 Å². The third kappa shape index (κ3) is 5.18. The Morgan fingerprint density at radius 1 is 1.22 bits per heavy atom. The number of aryl methyl sites for hydroxylation is 1. The predicted octanol–water partition coefficient (Wildman–Crippen LogP) is 3.82. The molecular formula is C26H31N9O. The van der Waals surface area contributed by atoms with Gasteiger partial charge in [-0.2, -0.15) is 5.10 Å². The maximum Gasteiger partial charge on any atom is 0.227 e. The maximum absolute atomic E-state index is 13.1. The second kappa shape index (κ2) is 9.62. The van der Waals surface area contributed by atoms with Crippen LogP contribution in [0.4, 0.5) is 11.6 Å². The molecule has 10 heteroatoms. The Morgan fingerprint density at radius 3 is 2.83 bits per heavy atom. The normalized spacial score (nSPS) is 15.8. The van der Waals surface area contributed by atoms with Gasteiger partial charge in [0.1, 0.15) is 5.69 Å². The van der Waals surface area contributed by atoms with Crippen LogP contribution in [0.25, 0.3) is 11.3 Å². The molecule has 2 N–H and O–H groups in total.